The second-order valence-corrected chi connectivity index (χ2v) is 4.26. The van der Waals surface area contributed by atoms with Gasteiger partial charge in [-0.3, -0.25) is 4.79 Å². The molecule has 0 saturated heterocycles. The van der Waals surface area contributed by atoms with Crippen molar-refractivity contribution in [1.82, 2.24) is 0 Å². The molecule has 0 aromatic carbocycles. The summed E-state index contributed by atoms with van der Waals surface area (Å²) in [6.07, 6.45) is 6.96. The van der Waals surface area contributed by atoms with Crippen LogP contribution in [0.4, 0.5) is 0 Å². The summed E-state index contributed by atoms with van der Waals surface area (Å²) >= 11 is 0. The lowest BCUT2D eigenvalue weighted by atomic mass is 9.88. The first-order valence-electron chi connectivity index (χ1n) is 5.36. The van der Waals surface area contributed by atoms with Gasteiger partial charge in [-0.05, 0) is 30.1 Å². The molecule has 0 aromatic rings. The van der Waals surface area contributed by atoms with E-state index in [0.717, 1.165) is 17.9 Å². The molecular weight excluding hydrogens is 192 g/mol. The number of allylic oxidation sites excluding steroid dienone is 2. The number of aliphatic hydroxyl groups is 1. The normalized spacial score (nSPS) is 26.0. The van der Waals surface area contributed by atoms with Gasteiger partial charge in [0, 0.05) is 5.92 Å². The third kappa shape index (κ3) is 2.29. The SMILES string of the molecule is COC1=CC(CC2CC2)C(CO)=CC1=O. The van der Waals surface area contributed by atoms with Crippen LogP contribution < -0.4 is 0 Å². The highest BCUT2D eigenvalue weighted by atomic mass is 16.5. The second kappa shape index (κ2) is 4.19. The lowest BCUT2D eigenvalue weighted by Crippen LogP contribution is -2.17. The highest BCUT2D eigenvalue weighted by Crippen LogP contribution is 2.39. The third-order valence-electron chi connectivity index (χ3n) is 3.07. The van der Waals surface area contributed by atoms with E-state index in [9.17, 15) is 9.90 Å². The zero-order chi connectivity index (χ0) is 10.8. The lowest BCUT2D eigenvalue weighted by molar-refractivity contribution is -0.114. The molecule has 1 unspecified atom stereocenters. The van der Waals surface area contributed by atoms with Crippen LogP contribution in [0.3, 0.4) is 0 Å². The molecule has 0 heterocycles. The highest BCUT2D eigenvalue weighted by molar-refractivity contribution is 6.04. The molecule has 3 heteroatoms. The smallest absolute Gasteiger partial charge is 0.220 e. The molecule has 2 aliphatic rings. The summed E-state index contributed by atoms with van der Waals surface area (Å²) in [4.78, 5) is 11.5. The fraction of sp³-hybridized carbons (Fsp3) is 0.583. The Morgan fingerprint density at radius 2 is 2.27 bits per heavy atom. The Morgan fingerprint density at radius 1 is 1.53 bits per heavy atom. The van der Waals surface area contributed by atoms with Gasteiger partial charge in [0.1, 0.15) is 0 Å². The maximum atomic E-state index is 11.5. The molecule has 15 heavy (non-hydrogen) atoms. The number of carbonyl (C=O) groups excluding carboxylic acids is 1. The molecule has 1 fully saturated rings. The maximum Gasteiger partial charge on any atom is 0.220 e. The van der Waals surface area contributed by atoms with Gasteiger partial charge in [-0.2, -0.15) is 0 Å². The van der Waals surface area contributed by atoms with Gasteiger partial charge >= 0.3 is 0 Å². The topological polar surface area (TPSA) is 46.5 Å². The first-order chi connectivity index (χ1) is 7.24. The second-order valence-electron chi connectivity index (χ2n) is 4.26. The van der Waals surface area contributed by atoms with Gasteiger partial charge in [0.05, 0.1) is 13.7 Å². The standard InChI is InChI=1S/C12H16O3/c1-15-12-6-9(4-8-2-3-8)10(7-13)5-11(12)14/h5-6,8-9,13H,2-4,7H2,1H3. The van der Waals surface area contributed by atoms with Gasteiger partial charge in [-0.15, -0.1) is 0 Å². The number of ketones is 1. The Morgan fingerprint density at radius 3 is 2.80 bits per heavy atom. The van der Waals surface area contributed by atoms with E-state index in [-0.39, 0.29) is 18.3 Å². The number of methoxy groups -OCH3 is 1. The van der Waals surface area contributed by atoms with Crippen molar-refractivity contribution in [2.75, 3.05) is 13.7 Å². The largest absolute Gasteiger partial charge is 0.493 e. The van der Waals surface area contributed by atoms with Crippen LogP contribution in [0.1, 0.15) is 19.3 Å². The molecule has 2 aliphatic carbocycles. The minimum atomic E-state index is -0.131. The number of aliphatic hydroxyl groups excluding tert-OH is 1. The fourth-order valence-electron chi connectivity index (χ4n) is 1.98. The van der Waals surface area contributed by atoms with Crippen LogP contribution in [0.5, 0.6) is 0 Å². The Hall–Kier alpha value is -1.09. The number of rotatable bonds is 4. The van der Waals surface area contributed by atoms with Crippen molar-refractivity contribution in [3.63, 3.8) is 0 Å². The van der Waals surface area contributed by atoms with Crippen molar-refractivity contribution in [3.05, 3.63) is 23.5 Å². The molecule has 82 valence electrons. The molecule has 1 N–H and O–H groups in total. The van der Waals surface area contributed by atoms with Crippen molar-refractivity contribution in [1.29, 1.82) is 0 Å². The molecule has 0 bridgehead atoms. The summed E-state index contributed by atoms with van der Waals surface area (Å²) in [5, 5.41) is 9.18. The molecule has 1 saturated carbocycles. The molecule has 0 spiro atoms. The Kier molecular flexibility index (Phi) is 2.91. The quantitative estimate of drug-likeness (QED) is 0.760. The predicted molar refractivity (Wildman–Crippen MR) is 56.1 cm³/mol. The van der Waals surface area contributed by atoms with Crippen molar-refractivity contribution in [3.8, 4) is 0 Å². The minimum Gasteiger partial charge on any atom is -0.493 e. The summed E-state index contributed by atoms with van der Waals surface area (Å²) in [5.41, 5.74) is 0.827. The van der Waals surface area contributed by atoms with Crippen molar-refractivity contribution in [2.45, 2.75) is 19.3 Å². The summed E-state index contributed by atoms with van der Waals surface area (Å²) in [5.74, 6) is 1.24. The Bertz CT molecular complexity index is 324. The molecule has 0 aromatic heterocycles. The predicted octanol–water partition coefficient (Wildman–Crippen LogP) is 1.43. The van der Waals surface area contributed by atoms with Crippen LogP contribution in [0.25, 0.3) is 0 Å². The van der Waals surface area contributed by atoms with E-state index in [1.165, 1.54) is 26.0 Å². The molecule has 0 amide bonds. The van der Waals surface area contributed by atoms with Gasteiger partial charge in [0.2, 0.25) is 5.78 Å². The van der Waals surface area contributed by atoms with E-state index in [2.05, 4.69) is 0 Å². The summed E-state index contributed by atoms with van der Waals surface area (Å²) in [6.45, 7) is -0.0311. The van der Waals surface area contributed by atoms with Gasteiger partial charge in [0.15, 0.2) is 5.76 Å². The van der Waals surface area contributed by atoms with E-state index in [4.69, 9.17) is 4.74 Å². The van der Waals surface area contributed by atoms with Crippen molar-refractivity contribution in [2.24, 2.45) is 11.8 Å². The first kappa shape index (κ1) is 10.4. The third-order valence-corrected chi connectivity index (χ3v) is 3.07. The fourth-order valence-corrected chi connectivity index (χ4v) is 1.98. The summed E-state index contributed by atoms with van der Waals surface area (Å²) in [7, 11) is 1.51. The number of hydrogen-bond acceptors (Lipinski definition) is 3. The van der Waals surface area contributed by atoms with Gasteiger partial charge < -0.3 is 9.84 Å². The molecular formula is C12H16O3. The van der Waals surface area contributed by atoms with Crippen LogP contribution in [-0.4, -0.2) is 24.6 Å². The van der Waals surface area contributed by atoms with Gasteiger partial charge in [0.25, 0.3) is 0 Å². The zero-order valence-corrected chi connectivity index (χ0v) is 8.90. The van der Waals surface area contributed by atoms with Gasteiger partial charge in [-0.25, -0.2) is 0 Å². The molecule has 0 aliphatic heterocycles. The number of carbonyl (C=O) groups is 1. The van der Waals surface area contributed by atoms with Crippen molar-refractivity contribution >= 4 is 5.78 Å². The van der Waals surface area contributed by atoms with E-state index in [1.54, 1.807) is 0 Å². The molecule has 0 radical (unpaired) electrons. The van der Waals surface area contributed by atoms with E-state index in [1.807, 2.05) is 6.08 Å². The van der Waals surface area contributed by atoms with E-state index >= 15 is 0 Å². The average molecular weight is 208 g/mol. The van der Waals surface area contributed by atoms with Crippen LogP contribution in [0.2, 0.25) is 0 Å². The van der Waals surface area contributed by atoms with Crippen LogP contribution in [0.15, 0.2) is 23.5 Å². The van der Waals surface area contributed by atoms with Crippen LogP contribution in [-0.2, 0) is 9.53 Å². The van der Waals surface area contributed by atoms with Crippen molar-refractivity contribution < 1.29 is 14.6 Å². The van der Waals surface area contributed by atoms with Crippen LogP contribution >= 0.6 is 0 Å². The lowest BCUT2D eigenvalue weighted by Gasteiger charge is -2.20. The Balaban J connectivity index is 2.13. The van der Waals surface area contributed by atoms with Crippen LogP contribution in [0, 0.1) is 11.8 Å². The average Bonchev–Trinajstić information content (AvgIpc) is 3.04. The molecule has 3 nitrogen and oxygen atoms in total. The minimum absolute atomic E-state index is 0.0311. The molecule has 1 atom stereocenters. The monoisotopic (exact) mass is 208 g/mol. The maximum absolute atomic E-state index is 11.5. The Labute approximate surface area is 89.4 Å². The highest BCUT2D eigenvalue weighted by Gasteiger charge is 2.29. The van der Waals surface area contributed by atoms with Gasteiger partial charge in [-0.1, -0.05) is 12.8 Å². The zero-order valence-electron chi connectivity index (χ0n) is 8.90. The summed E-state index contributed by atoms with van der Waals surface area (Å²) in [6, 6.07) is 0. The number of ether oxygens (including phenoxy) is 1. The number of hydrogen-bond donors (Lipinski definition) is 1. The molecule has 2 rings (SSSR count). The van der Waals surface area contributed by atoms with E-state index < -0.39 is 0 Å². The summed E-state index contributed by atoms with van der Waals surface area (Å²) < 4.78 is 5.01. The van der Waals surface area contributed by atoms with E-state index in [0.29, 0.717) is 5.76 Å². The first-order valence-corrected chi connectivity index (χ1v) is 5.36.